The van der Waals surface area contributed by atoms with Crippen LogP contribution in [0.2, 0.25) is 5.02 Å². The molecular weight excluding hydrogens is 226 g/mol. The first kappa shape index (κ1) is 12.9. The number of benzene rings is 1. The van der Waals surface area contributed by atoms with Crippen LogP contribution in [-0.2, 0) is 6.54 Å². The summed E-state index contributed by atoms with van der Waals surface area (Å²) in [5, 5.41) is 0.784. The van der Waals surface area contributed by atoms with Crippen molar-refractivity contribution in [2.75, 3.05) is 5.75 Å². The molecule has 0 aliphatic carbocycles. The second-order valence-electron chi connectivity index (χ2n) is 3.99. The van der Waals surface area contributed by atoms with Crippen LogP contribution in [0.5, 0.6) is 0 Å². The molecule has 0 spiro atoms. The molecule has 0 saturated carbocycles. The van der Waals surface area contributed by atoms with Gasteiger partial charge in [-0.2, -0.15) is 0 Å². The summed E-state index contributed by atoms with van der Waals surface area (Å²) >= 11 is 7.93. The summed E-state index contributed by atoms with van der Waals surface area (Å²) in [7, 11) is 0. The molecule has 84 valence electrons. The molecular formula is C12H18ClNS. The molecule has 1 aromatic carbocycles. The third-order valence-corrected chi connectivity index (χ3v) is 3.59. The molecule has 0 heterocycles. The van der Waals surface area contributed by atoms with Crippen LogP contribution in [0.15, 0.2) is 23.1 Å². The van der Waals surface area contributed by atoms with Crippen LogP contribution >= 0.6 is 23.4 Å². The predicted octanol–water partition coefficient (Wildman–Crippen LogP) is 3.94. The average molecular weight is 244 g/mol. The minimum absolute atomic E-state index is 0.510. The van der Waals surface area contributed by atoms with E-state index in [1.807, 2.05) is 23.9 Å². The van der Waals surface area contributed by atoms with Crippen molar-refractivity contribution in [1.29, 1.82) is 0 Å². The highest BCUT2D eigenvalue weighted by Gasteiger charge is 2.01. The van der Waals surface area contributed by atoms with E-state index >= 15 is 0 Å². The molecule has 0 fully saturated rings. The summed E-state index contributed by atoms with van der Waals surface area (Å²) in [6, 6.07) is 6.12. The molecule has 0 atom stereocenters. The van der Waals surface area contributed by atoms with E-state index in [-0.39, 0.29) is 0 Å². The molecule has 1 rings (SSSR count). The third kappa shape index (κ3) is 4.45. The fourth-order valence-corrected chi connectivity index (χ4v) is 2.71. The topological polar surface area (TPSA) is 26.0 Å². The molecule has 0 amide bonds. The van der Waals surface area contributed by atoms with Gasteiger partial charge in [-0.1, -0.05) is 31.5 Å². The Bertz CT molecular complexity index is 312. The lowest BCUT2D eigenvalue weighted by Crippen LogP contribution is -1.97. The van der Waals surface area contributed by atoms with E-state index in [1.165, 1.54) is 11.3 Å². The van der Waals surface area contributed by atoms with Crippen LogP contribution in [0.1, 0.15) is 25.8 Å². The lowest BCUT2D eigenvalue weighted by molar-refractivity contribution is 0.632. The number of hydrogen-bond acceptors (Lipinski definition) is 2. The monoisotopic (exact) mass is 243 g/mol. The Hall–Kier alpha value is -0.180. The number of halogens is 1. The number of rotatable bonds is 5. The normalized spacial score (nSPS) is 11.0. The van der Waals surface area contributed by atoms with E-state index in [4.69, 9.17) is 17.3 Å². The molecule has 0 saturated heterocycles. The second-order valence-corrected chi connectivity index (χ2v) is 5.56. The molecule has 15 heavy (non-hydrogen) atoms. The van der Waals surface area contributed by atoms with E-state index in [0.717, 1.165) is 22.3 Å². The zero-order chi connectivity index (χ0) is 11.3. The number of hydrogen-bond donors (Lipinski definition) is 1. The predicted molar refractivity (Wildman–Crippen MR) is 69.5 cm³/mol. The molecule has 1 aromatic rings. The maximum absolute atomic E-state index is 6.08. The van der Waals surface area contributed by atoms with Crippen molar-refractivity contribution in [3.63, 3.8) is 0 Å². The standard InChI is InChI=1S/C12H18ClNS/c1-9(2)5-6-15-11-4-3-10(8-14)12(13)7-11/h3-4,7,9H,5-6,8,14H2,1-2H3. The highest BCUT2D eigenvalue weighted by atomic mass is 35.5. The summed E-state index contributed by atoms with van der Waals surface area (Å²) in [5.41, 5.74) is 6.57. The summed E-state index contributed by atoms with van der Waals surface area (Å²) in [6.07, 6.45) is 1.24. The first-order valence-electron chi connectivity index (χ1n) is 5.24. The van der Waals surface area contributed by atoms with Gasteiger partial charge < -0.3 is 5.73 Å². The van der Waals surface area contributed by atoms with Gasteiger partial charge in [0.2, 0.25) is 0 Å². The van der Waals surface area contributed by atoms with E-state index in [9.17, 15) is 0 Å². The molecule has 0 radical (unpaired) electrons. The van der Waals surface area contributed by atoms with Crippen molar-refractivity contribution in [3.8, 4) is 0 Å². The summed E-state index contributed by atoms with van der Waals surface area (Å²) < 4.78 is 0. The van der Waals surface area contributed by atoms with Crippen molar-refractivity contribution in [3.05, 3.63) is 28.8 Å². The maximum Gasteiger partial charge on any atom is 0.0462 e. The SMILES string of the molecule is CC(C)CCSc1ccc(CN)c(Cl)c1. The summed E-state index contributed by atoms with van der Waals surface area (Å²) in [6.45, 7) is 4.99. The van der Waals surface area contributed by atoms with E-state index in [1.54, 1.807) is 0 Å². The van der Waals surface area contributed by atoms with Crippen molar-refractivity contribution in [2.24, 2.45) is 11.7 Å². The van der Waals surface area contributed by atoms with Gasteiger partial charge in [-0.25, -0.2) is 0 Å². The Morgan fingerprint density at radius 3 is 2.67 bits per heavy atom. The number of nitrogens with two attached hydrogens (primary N) is 1. The second kappa shape index (κ2) is 6.41. The maximum atomic E-state index is 6.08. The van der Waals surface area contributed by atoms with Gasteiger partial charge >= 0.3 is 0 Å². The number of thioether (sulfide) groups is 1. The van der Waals surface area contributed by atoms with Crippen LogP contribution in [0.4, 0.5) is 0 Å². The molecule has 0 aliphatic heterocycles. The first-order valence-corrected chi connectivity index (χ1v) is 6.61. The van der Waals surface area contributed by atoms with Gasteiger partial charge in [-0.05, 0) is 35.8 Å². The van der Waals surface area contributed by atoms with Crippen molar-refractivity contribution < 1.29 is 0 Å². The van der Waals surface area contributed by atoms with Crippen molar-refractivity contribution in [1.82, 2.24) is 0 Å². The molecule has 2 N–H and O–H groups in total. The molecule has 3 heteroatoms. The molecule has 0 bridgehead atoms. The van der Waals surface area contributed by atoms with Crippen molar-refractivity contribution in [2.45, 2.75) is 31.7 Å². The zero-order valence-electron chi connectivity index (χ0n) is 9.29. The van der Waals surface area contributed by atoms with Crippen LogP contribution in [0.25, 0.3) is 0 Å². The quantitative estimate of drug-likeness (QED) is 0.793. The zero-order valence-corrected chi connectivity index (χ0v) is 10.9. The Kier molecular flexibility index (Phi) is 5.51. The van der Waals surface area contributed by atoms with Gasteiger partial charge in [0.25, 0.3) is 0 Å². The van der Waals surface area contributed by atoms with Gasteiger partial charge in [0.1, 0.15) is 0 Å². The Morgan fingerprint density at radius 2 is 2.13 bits per heavy atom. The smallest absolute Gasteiger partial charge is 0.0462 e. The van der Waals surface area contributed by atoms with Gasteiger partial charge in [0.05, 0.1) is 0 Å². The molecule has 0 aromatic heterocycles. The Labute approximate surface area is 101 Å². The fraction of sp³-hybridized carbons (Fsp3) is 0.500. The van der Waals surface area contributed by atoms with E-state index in [2.05, 4.69) is 19.9 Å². The van der Waals surface area contributed by atoms with E-state index in [0.29, 0.717) is 6.54 Å². The van der Waals surface area contributed by atoms with Gasteiger partial charge in [0, 0.05) is 16.5 Å². The minimum atomic E-state index is 0.510. The fourth-order valence-electron chi connectivity index (χ4n) is 1.20. The van der Waals surface area contributed by atoms with Crippen LogP contribution < -0.4 is 5.73 Å². The Morgan fingerprint density at radius 1 is 1.40 bits per heavy atom. The highest BCUT2D eigenvalue weighted by molar-refractivity contribution is 7.99. The molecule has 0 aliphatic rings. The van der Waals surface area contributed by atoms with E-state index < -0.39 is 0 Å². The first-order chi connectivity index (χ1) is 7.13. The highest BCUT2D eigenvalue weighted by Crippen LogP contribution is 2.25. The van der Waals surface area contributed by atoms with Gasteiger partial charge in [-0.3, -0.25) is 0 Å². The van der Waals surface area contributed by atoms with Gasteiger partial charge in [-0.15, -0.1) is 11.8 Å². The van der Waals surface area contributed by atoms with Crippen molar-refractivity contribution >= 4 is 23.4 Å². The average Bonchev–Trinajstić information content (AvgIpc) is 2.17. The van der Waals surface area contributed by atoms with Crippen LogP contribution in [0, 0.1) is 5.92 Å². The Balaban J connectivity index is 2.52. The molecule has 0 unspecified atom stereocenters. The van der Waals surface area contributed by atoms with Gasteiger partial charge in [0.15, 0.2) is 0 Å². The summed E-state index contributed by atoms with van der Waals surface area (Å²) in [5.74, 6) is 1.91. The largest absolute Gasteiger partial charge is 0.326 e. The lowest BCUT2D eigenvalue weighted by atomic mass is 10.2. The van der Waals surface area contributed by atoms with Crippen LogP contribution in [-0.4, -0.2) is 5.75 Å². The lowest BCUT2D eigenvalue weighted by Gasteiger charge is -2.06. The van der Waals surface area contributed by atoms with Crippen LogP contribution in [0.3, 0.4) is 0 Å². The minimum Gasteiger partial charge on any atom is -0.326 e. The summed E-state index contributed by atoms with van der Waals surface area (Å²) in [4.78, 5) is 1.23. The molecule has 1 nitrogen and oxygen atoms in total. The third-order valence-electron chi connectivity index (χ3n) is 2.21.